The summed E-state index contributed by atoms with van der Waals surface area (Å²) in [7, 11) is 0. The van der Waals surface area contributed by atoms with Gasteiger partial charge < -0.3 is 4.74 Å². The van der Waals surface area contributed by atoms with Crippen LogP contribution in [0.5, 0.6) is 5.75 Å². The van der Waals surface area contributed by atoms with E-state index in [4.69, 9.17) is 26.6 Å². The van der Waals surface area contributed by atoms with E-state index < -0.39 is 5.97 Å². The molecule has 6 nitrogen and oxygen atoms in total. The number of hydrogen-bond donors (Lipinski definition) is 0. The number of aromatic nitrogens is 3. The van der Waals surface area contributed by atoms with Crippen molar-refractivity contribution < 1.29 is 9.53 Å². The normalized spacial score (nSPS) is 11.1. The van der Waals surface area contributed by atoms with E-state index in [2.05, 4.69) is 11.2 Å². The van der Waals surface area contributed by atoms with Crippen molar-refractivity contribution in [3.8, 4) is 23.1 Å². The molecule has 3 heterocycles. The summed E-state index contributed by atoms with van der Waals surface area (Å²) in [4.78, 5) is 20.3. The van der Waals surface area contributed by atoms with Crippen molar-refractivity contribution >= 4 is 39.9 Å². The van der Waals surface area contributed by atoms with E-state index >= 15 is 0 Å². The number of carbonyl (C=O) groups excluding carboxylic acids is 1. The fraction of sp³-hybridized carbons (Fsp3) is 0.217. The van der Waals surface area contributed by atoms with E-state index in [0.29, 0.717) is 27.9 Å². The third kappa shape index (κ3) is 3.92. The molecular formula is C23H19ClN4O2S. The summed E-state index contributed by atoms with van der Waals surface area (Å²) >= 11 is 7.88. The fourth-order valence-corrected chi connectivity index (χ4v) is 4.55. The highest BCUT2D eigenvalue weighted by molar-refractivity contribution is 7.12. The Hall–Kier alpha value is -3.21. The maximum atomic E-state index is 13.2. The van der Waals surface area contributed by atoms with Crippen LogP contribution in [-0.2, 0) is 0 Å². The molecular weight excluding hydrogens is 432 g/mol. The Morgan fingerprint density at radius 1 is 1.26 bits per heavy atom. The molecule has 0 amide bonds. The number of esters is 1. The number of carbonyl (C=O) groups is 1. The number of aryl methyl sites for hydroxylation is 2. The number of ether oxygens (including phenoxy) is 1. The molecule has 0 radical (unpaired) electrons. The van der Waals surface area contributed by atoms with Gasteiger partial charge in [0.15, 0.2) is 5.65 Å². The maximum absolute atomic E-state index is 13.2. The van der Waals surface area contributed by atoms with Crippen molar-refractivity contribution in [2.24, 2.45) is 0 Å². The molecule has 4 rings (SSSR count). The van der Waals surface area contributed by atoms with Gasteiger partial charge in [0.1, 0.15) is 5.75 Å². The van der Waals surface area contributed by atoms with Crippen molar-refractivity contribution in [2.75, 3.05) is 0 Å². The Bertz CT molecular complexity index is 1360. The van der Waals surface area contributed by atoms with Crippen molar-refractivity contribution in [1.82, 2.24) is 14.8 Å². The third-order valence-electron chi connectivity index (χ3n) is 4.86. The van der Waals surface area contributed by atoms with Gasteiger partial charge >= 0.3 is 5.97 Å². The average Bonchev–Trinajstić information content (AvgIpc) is 3.31. The van der Waals surface area contributed by atoms with Gasteiger partial charge in [0, 0.05) is 21.4 Å². The number of pyridine rings is 1. The quantitative estimate of drug-likeness (QED) is 0.277. The van der Waals surface area contributed by atoms with Gasteiger partial charge in [0.05, 0.1) is 39.5 Å². The summed E-state index contributed by atoms with van der Waals surface area (Å²) in [6, 6.07) is 10.4. The van der Waals surface area contributed by atoms with E-state index in [-0.39, 0.29) is 16.8 Å². The van der Waals surface area contributed by atoms with Crippen LogP contribution < -0.4 is 4.74 Å². The van der Waals surface area contributed by atoms with Crippen LogP contribution in [0.1, 0.15) is 45.6 Å². The highest BCUT2D eigenvalue weighted by Gasteiger charge is 2.22. The van der Waals surface area contributed by atoms with Gasteiger partial charge in [-0.2, -0.15) is 10.4 Å². The zero-order chi connectivity index (χ0) is 22.3. The molecule has 31 heavy (non-hydrogen) atoms. The van der Waals surface area contributed by atoms with Crippen molar-refractivity contribution in [1.29, 1.82) is 5.26 Å². The first kappa shape index (κ1) is 21.0. The lowest BCUT2D eigenvalue weighted by molar-refractivity contribution is 0.0737. The van der Waals surface area contributed by atoms with E-state index in [1.807, 2.05) is 33.8 Å². The van der Waals surface area contributed by atoms with Gasteiger partial charge in [-0.3, -0.25) is 0 Å². The lowest BCUT2D eigenvalue weighted by Crippen LogP contribution is -2.11. The SMILES string of the molecule is Cc1cc(-c2cc(C(=O)Oc3ccc(C#N)cc3Cl)c3cnn(C(C)C)c3n2)c(C)s1. The first-order chi connectivity index (χ1) is 14.8. The van der Waals surface area contributed by atoms with Crippen LogP contribution in [0.2, 0.25) is 5.02 Å². The van der Waals surface area contributed by atoms with Crippen LogP contribution in [0.3, 0.4) is 0 Å². The molecule has 8 heteroatoms. The first-order valence-corrected chi connectivity index (χ1v) is 10.9. The predicted octanol–water partition coefficient (Wildman–Crippen LogP) is 6.10. The largest absolute Gasteiger partial charge is 0.421 e. The zero-order valence-corrected chi connectivity index (χ0v) is 19.0. The Labute approximate surface area is 188 Å². The van der Waals surface area contributed by atoms with Crippen LogP contribution >= 0.6 is 22.9 Å². The summed E-state index contributed by atoms with van der Waals surface area (Å²) in [5.74, 6) is -0.371. The molecule has 0 bridgehead atoms. The van der Waals surface area contributed by atoms with Gasteiger partial charge in [-0.25, -0.2) is 14.5 Å². The Balaban J connectivity index is 1.85. The molecule has 4 aromatic rings. The van der Waals surface area contributed by atoms with Crippen molar-refractivity contribution in [3.63, 3.8) is 0 Å². The van der Waals surface area contributed by atoms with Crippen LogP contribution in [-0.4, -0.2) is 20.7 Å². The van der Waals surface area contributed by atoms with E-state index in [1.165, 1.54) is 17.0 Å². The number of benzene rings is 1. The number of fused-ring (bicyclic) bond motifs is 1. The summed E-state index contributed by atoms with van der Waals surface area (Å²) in [5, 5.41) is 14.2. The first-order valence-electron chi connectivity index (χ1n) is 9.66. The lowest BCUT2D eigenvalue weighted by atomic mass is 10.1. The summed E-state index contributed by atoms with van der Waals surface area (Å²) < 4.78 is 7.38. The molecule has 0 saturated heterocycles. The molecule has 0 aliphatic carbocycles. The molecule has 0 unspecified atom stereocenters. The topological polar surface area (TPSA) is 80.8 Å². The number of halogens is 1. The minimum absolute atomic E-state index is 0.0717. The molecule has 0 fully saturated rings. The second kappa shape index (κ2) is 8.14. The van der Waals surface area contributed by atoms with Crippen molar-refractivity contribution in [3.05, 3.63) is 62.4 Å². The summed E-state index contributed by atoms with van der Waals surface area (Å²) in [6.07, 6.45) is 1.63. The minimum atomic E-state index is -0.562. The molecule has 156 valence electrons. The maximum Gasteiger partial charge on any atom is 0.344 e. The molecule has 0 saturated carbocycles. The number of nitrogens with zero attached hydrogens (tertiary/aromatic N) is 4. The molecule has 0 aliphatic heterocycles. The van der Waals surface area contributed by atoms with Crippen molar-refractivity contribution in [2.45, 2.75) is 33.7 Å². The molecule has 0 spiro atoms. The standard InChI is InChI=1S/C23H19ClN4O2S/c1-12(2)28-22-18(11-26-28)17(9-20(27-22)16-7-13(3)31-14(16)4)23(29)30-21-6-5-15(10-25)8-19(21)24/h5-9,11-12H,1-4H3. The van der Waals surface area contributed by atoms with Crippen LogP contribution in [0.4, 0.5) is 0 Å². The molecule has 0 atom stereocenters. The smallest absolute Gasteiger partial charge is 0.344 e. The van der Waals surface area contributed by atoms with E-state index in [0.717, 1.165) is 10.4 Å². The zero-order valence-electron chi connectivity index (χ0n) is 17.4. The van der Waals surface area contributed by atoms with E-state index in [9.17, 15) is 4.79 Å². The van der Waals surface area contributed by atoms with Crippen LogP contribution in [0, 0.1) is 25.2 Å². The van der Waals surface area contributed by atoms with Crippen LogP contribution in [0.25, 0.3) is 22.3 Å². The Morgan fingerprint density at radius 2 is 2.03 bits per heavy atom. The molecule has 0 N–H and O–H groups in total. The van der Waals surface area contributed by atoms with Gasteiger partial charge in [0.2, 0.25) is 0 Å². The minimum Gasteiger partial charge on any atom is -0.421 e. The van der Waals surface area contributed by atoms with Gasteiger partial charge in [-0.15, -0.1) is 11.3 Å². The lowest BCUT2D eigenvalue weighted by Gasteiger charge is -2.11. The fourth-order valence-electron chi connectivity index (χ4n) is 3.40. The van der Waals surface area contributed by atoms with Gasteiger partial charge in [-0.05, 0) is 58.0 Å². The predicted molar refractivity (Wildman–Crippen MR) is 122 cm³/mol. The molecule has 0 aliphatic rings. The monoisotopic (exact) mass is 450 g/mol. The average molecular weight is 451 g/mol. The summed E-state index contributed by atoms with van der Waals surface area (Å²) in [5.41, 5.74) is 3.03. The van der Waals surface area contributed by atoms with Gasteiger partial charge in [0.25, 0.3) is 0 Å². The van der Waals surface area contributed by atoms with Gasteiger partial charge in [-0.1, -0.05) is 11.6 Å². The Kier molecular flexibility index (Phi) is 5.52. The second-order valence-electron chi connectivity index (χ2n) is 7.45. The second-order valence-corrected chi connectivity index (χ2v) is 9.32. The number of rotatable bonds is 4. The number of nitriles is 1. The van der Waals surface area contributed by atoms with Crippen LogP contribution in [0.15, 0.2) is 36.5 Å². The van der Waals surface area contributed by atoms with E-state index in [1.54, 1.807) is 34.3 Å². The number of hydrogen-bond acceptors (Lipinski definition) is 6. The highest BCUT2D eigenvalue weighted by atomic mass is 35.5. The highest BCUT2D eigenvalue weighted by Crippen LogP contribution is 2.33. The Morgan fingerprint density at radius 3 is 2.65 bits per heavy atom. The molecule has 1 aromatic carbocycles. The summed E-state index contributed by atoms with van der Waals surface area (Å²) in [6.45, 7) is 8.10. The third-order valence-corrected chi connectivity index (χ3v) is 6.12. The number of thiophene rings is 1. The molecule has 3 aromatic heterocycles.